The average molecular weight is 331 g/mol. The lowest BCUT2D eigenvalue weighted by Crippen LogP contribution is -2.38. The van der Waals surface area contributed by atoms with Crippen LogP contribution in [0.2, 0.25) is 0 Å². The molecule has 1 aliphatic heterocycles. The fraction of sp³-hybridized carbons (Fsp3) is 0.579. The van der Waals surface area contributed by atoms with E-state index in [1.54, 1.807) is 7.11 Å². The third kappa shape index (κ3) is 3.40. The van der Waals surface area contributed by atoms with Gasteiger partial charge in [-0.3, -0.25) is 9.59 Å². The summed E-state index contributed by atoms with van der Waals surface area (Å²) in [5.41, 5.74) is 1.15. The van der Waals surface area contributed by atoms with Crippen LogP contribution >= 0.6 is 0 Å². The maximum Gasteiger partial charge on any atom is 0.306 e. The molecule has 1 aromatic carbocycles. The van der Waals surface area contributed by atoms with Gasteiger partial charge in [-0.05, 0) is 56.2 Å². The molecule has 1 amide bonds. The first-order valence-electron chi connectivity index (χ1n) is 8.77. The van der Waals surface area contributed by atoms with Crippen molar-refractivity contribution in [2.24, 2.45) is 11.8 Å². The van der Waals surface area contributed by atoms with Crippen LogP contribution in [-0.2, 0) is 9.59 Å². The van der Waals surface area contributed by atoms with Crippen molar-refractivity contribution in [1.29, 1.82) is 0 Å². The highest BCUT2D eigenvalue weighted by Crippen LogP contribution is 2.37. The van der Waals surface area contributed by atoms with Crippen LogP contribution in [0.5, 0.6) is 5.75 Å². The Labute approximate surface area is 142 Å². The quantitative estimate of drug-likeness (QED) is 0.920. The Balaban J connectivity index is 1.66. The number of benzene rings is 1. The van der Waals surface area contributed by atoms with E-state index in [0.717, 1.165) is 30.7 Å². The van der Waals surface area contributed by atoms with E-state index in [1.165, 1.54) is 0 Å². The highest BCUT2D eigenvalue weighted by atomic mass is 16.5. The van der Waals surface area contributed by atoms with E-state index in [4.69, 9.17) is 9.84 Å². The smallest absolute Gasteiger partial charge is 0.306 e. The van der Waals surface area contributed by atoms with Crippen LogP contribution in [0, 0.1) is 11.8 Å². The first-order chi connectivity index (χ1) is 11.6. The van der Waals surface area contributed by atoms with Gasteiger partial charge in [0.05, 0.1) is 19.1 Å². The van der Waals surface area contributed by atoms with Crippen LogP contribution < -0.4 is 4.74 Å². The van der Waals surface area contributed by atoms with Crippen LogP contribution in [0.1, 0.15) is 50.1 Å². The number of hydrogen-bond donors (Lipinski definition) is 1. The number of hydrogen-bond acceptors (Lipinski definition) is 3. The summed E-state index contributed by atoms with van der Waals surface area (Å²) in [4.78, 5) is 26.0. The number of methoxy groups -OCH3 is 1. The maximum absolute atomic E-state index is 12.9. The number of carbonyl (C=O) groups excluding carboxylic acids is 1. The average Bonchev–Trinajstić information content (AvgIpc) is 3.11. The molecule has 1 N–H and O–H groups in total. The molecule has 0 bridgehead atoms. The Morgan fingerprint density at radius 2 is 1.67 bits per heavy atom. The van der Waals surface area contributed by atoms with Gasteiger partial charge >= 0.3 is 5.97 Å². The Hall–Kier alpha value is -2.04. The van der Waals surface area contributed by atoms with Gasteiger partial charge in [-0.25, -0.2) is 0 Å². The molecule has 130 valence electrons. The summed E-state index contributed by atoms with van der Waals surface area (Å²) in [6.45, 7) is 0.800. The lowest BCUT2D eigenvalue weighted by Gasteiger charge is -2.32. The normalized spacial score (nSPS) is 27.0. The summed E-state index contributed by atoms with van der Waals surface area (Å²) in [5, 5.41) is 9.10. The number of likely N-dealkylation sites (tertiary alicyclic amines) is 1. The number of carboxylic acids is 1. The predicted molar refractivity (Wildman–Crippen MR) is 89.8 cm³/mol. The van der Waals surface area contributed by atoms with E-state index in [0.29, 0.717) is 25.7 Å². The highest BCUT2D eigenvalue weighted by molar-refractivity contribution is 5.80. The molecule has 1 atom stereocenters. The Bertz CT molecular complexity index is 590. The van der Waals surface area contributed by atoms with Crippen molar-refractivity contribution < 1.29 is 19.4 Å². The van der Waals surface area contributed by atoms with Crippen molar-refractivity contribution >= 4 is 11.9 Å². The van der Waals surface area contributed by atoms with Crippen molar-refractivity contribution in [3.05, 3.63) is 29.8 Å². The molecular formula is C19H25NO4. The van der Waals surface area contributed by atoms with Crippen molar-refractivity contribution in [1.82, 2.24) is 4.90 Å². The zero-order valence-corrected chi connectivity index (χ0v) is 14.1. The van der Waals surface area contributed by atoms with E-state index >= 15 is 0 Å². The van der Waals surface area contributed by atoms with E-state index < -0.39 is 5.97 Å². The molecule has 2 aliphatic rings. The minimum atomic E-state index is -0.724. The largest absolute Gasteiger partial charge is 0.497 e. The topological polar surface area (TPSA) is 66.8 Å². The van der Waals surface area contributed by atoms with Gasteiger partial charge in [-0.1, -0.05) is 12.1 Å². The first-order valence-corrected chi connectivity index (χ1v) is 8.77. The van der Waals surface area contributed by atoms with Crippen LogP contribution in [-0.4, -0.2) is 35.5 Å². The molecule has 1 unspecified atom stereocenters. The molecule has 1 saturated carbocycles. The molecule has 5 heteroatoms. The lowest BCUT2D eigenvalue weighted by molar-refractivity contribution is -0.146. The van der Waals surface area contributed by atoms with Crippen molar-refractivity contribution in [2.75, 3.05) is 13.7 Å². The molecule has 0 spiro atoms. The van der Waals surface area contributed by atoms with Crippen LogP contribution in [0.4, 0.5) is 0 Å². The van der Waals surface area contributed by atoms with Gasteiger partial charge < -0.3 is 14.7 Å². The summed E-state index contributed by atoms with van der Waals surface area (Å²) >= 11 is 0. The van der Waals surface area contributed by atoms with Gasteiger partial charge in [0.2, 0.25) is 5.91 Å². The Morgan fingerprint density at radius 1 is 1.04 bits per heavy atom. The second-order valence-corrected chi connectivity index (χ2v) is 6.85. The molecule has 3 rings (SSSR count). The minimum Gasteiger partial charge on any atom is -0.497 e. The summed E-state index contributed by atoms with van der Waals surface area (Å²) in [6, 6.07) is 8.09. The number of rotatable bonds is 4. The van der Waals surface area contributed by atoms with Crippen molar-refractivity contribution in [3.63, 3.8) is 0 Å². The van der Waals surface area contributed by atoms with Crippen LogP contribution in [0.3, 0.4) is 0 Å². The summed E-state index contributed by atoms with van der Waals surface area (Å²) in [5.74, 6) is 0.0152. The highest BCUT2D eigenvalue weighted by Gasteiger charge is 2.36. The standard InChI is InChI=1S/C19H25NO4/c1-24-16-10-8-13(9-11-16)17-3-2-12-20(17)18(21)14-4-6-15(7-5-14)19(22)23/h8-11,14-15,17H,2-7,12H2,1H3,(H,22,23). The molecule has 2 fully saturated rings. The van der Waals surface area contributed by atoms with Crippen molar-refractivity contribution in [2.45, 2.75) is 44.6 Å². The van der Waals surface area contributed by atoms with Crippen molar-refractivity contribution in [3.8, 4) is 5.75 Å². The van der Waals surface area contributed by atoms with Gasteiger partial charge in [0, 0.05) is 12.5 Å². The molecule has 1 saturated heterocycles. The third-order valence-corrected chi connectivity index (χ3v) is 5.46. The molecule has 0 radical (unpaired) electrons. The molecule has 1 heterocycles. The minimum absolute atomic E-state index is 0.0144. The Morgan fingerprint density at radius 3 is 2.25 bits per heavy atom. The fourth-order valence-electron chi connectivity index (χ4n) is 4.02. The SMILES string of the molecule is COc1ccc(C2CCCN2C(=O)C2CCC(C(=O)O)CC2)cc1. The van der Waals surface area contributed by atoms with Gasteiger partial charge in [-0.2, -0.15) is 0 Å². The number of carbonyl (C=O) groups is 2. The van der Waals surface area contributed by atoms with E-state index in [1.807, 2.05) is 29.2 Å². The third-order valence-electron chi connectivity index (χ3n) is 5.46. The van der Waals surface area contributed by atoms with E-state index in [2.05, 4.69) is 0 Å². The molecule has 1 aliphatic carbocycles. The monoisotopic (exact) mass is 331 g/mol. The molecule has 1 aromatic rings. The second-order valence-electron chi connectivity index (χ2n) is 6.85. The van der Waals surface area contributed by atoms with Gasteiger partial charge in [0.15, 0.2) is 0 Å². The molecular weight excluding hydrogens is 306 g/mol. The van der Waals surface area contributed by atoms with Crippen LogP contribution in [0.25, 0.3) is 0 Å². The summed E-state index contributed by atoms with van der Waals surface area (Å²) < 4.78 is 5.20. The number of carboxylic acid groups (broad SMARTS) is 1. The molecule has 0 aromatic heterocycles. The fourth-order valence-corrected chi connectivity index (χ4v) is 4.02. The zero-order valence-electron chi connectivity index (χ0n) is 14.1. The zero-order chi connectivity index (χ0) is 17.1. The predicted octanol–water partition coefficient (Wildman–Crippen LogP) is 3.25. The molecule has 5 nitrogen and oxygen atoms in total. The van der Waals surface area contributed by atoms with Gasteiger partial charge in [-0.15, -0.1) is 0 Å². The molecule has 24 heavy (non-hydrogen) atoms. The number of aliphatic carboxylic acids is 1. The van der Waals surface area contributed by atoms with Gasteiger partial charge in [0.25, 0.3) is 0 Å². The lowest BCUT2D eigenvalue weighted by atomic mass is 9.81. The van der Waals surface area contributed by atoms with Crippen LogP contribution in [0.15, 0.2) is 24.3 Å². The summed E-state index contributed by atoms with van der Waals surface area (Å²) in [7, 11) is 1.65. The first kappa shape index (κ1) is 16.8. The Kier molecular flexibility index (Phi) is 5.07. The number of nitrogens with zero attached hydrogens (tertiary/aromatic N) is 1. The van der Waals surface area contributed by atoms with E-state index in [9.17, 15) is 9.59 Å². The number of ether oxygens (including phenoxy) is 1. The second kappa shape index (κ2) is 7.24. The summed E-state index contributed by atoms with van der Waals surface area (Å²) in [6.07, 6.45) is 4.64. The number of amides is 1. The van der Waals surface area contributed by atoms with E-state index in [-0.39, 0.29) is 23.8 Å². The van der Waals surface area contributed by atoms with Gasteiger partial charge in [0.1, 0.15) is 5.75 Å². The maximum atomic E-state index is 12.9.